The Morgan fingerprint density at radius 2 is 1.56 bits per heavy atom. The summed E-state index contributed by atoms with van der Waals surface area (Å²) in [6.07, 6.45) is 15.1. The highest BCUT2D eigenvalue weighted by atomic mass is 14.9. The highest BCUT2D eigenvalue weighted by molar-refractivity contribution is 4.88. The van der Waals surface area contributed by atoms with Gasteiger partial charge in [-0.2, -0.15) is 0 Å². The van der Waals surface area contributed by atoms with Gasteiger partial charge < -0.3 is 5.32 Å². The second-order valence-electron chi connectivity index (χ2n) is 6.44. The highest BCUT2D eigenvalue weighted by Gasteiger charge is 2.34. The summed E-state index contributed by atoms with van der Waals surface area (Å²) >= 11 is 0. The molecule has 0 saturated heterocycles. The molecule has 0 heterocycles. The fourth-order valence-corrected chi connectivity index (χ4v) is 4.11. The molecule has 0 bridgehead atoms. The second-order valence-corrected chi connectivity index (χ2v) is 6.44. The normalized spacial score (nSPS) is 36.8. The molecule has 1 heteroatoms. The van der Waals surface area contributed by atoms with Gasteiger partial charge in [0, 0.05) is 6.04 Å². The molecule has 3 fully saturated rings. The number of rotatable bonds is 4. The molecule has 0 amide bonds. The first kappa shape index (κ1) is 11.1. The van der Waals surface area contributed by atoms with Crippen molar-refractivity contribution < 1.29 is 0 Å². The van der Waals surface area contributed by atoms with Crippen LogP contribution in [0.15, 0.2) is 0 Å². The van der Waals surface area contributed by atoms with Crippen molar-refractivity contribution in [3.63, 3.8) is 0 Å². The molecule has 0 aromatic rings. The fraction of sp³-hybridized carbons (Fsp3) is 1.00. The van der Waals surface area contributed by atoms with E-state index in [0.29, 0.717) is 0 Å². The van der Waals surface area contributed by atoms with E-state index in [1.54, 1.807) is 19.3 Å². The summed E-state index contributed by atoms with van der Waals surface area (Å²) in [6.45, 7) is 1.34. The zero-order valence-electron chi connectivity index (χ0n) is 10.6. The van der Waals surface area contributed by atoms with E-state index in [1.165, 1.54) is 51.5 Å². The first-order valence-corrected chi connectivity index (χ1v) is 7.67. The van der Waals surface area contributed by atoms with Crippen molar-refractivity contribution in [2.75, 3.05) is 6.54 Å². The van der Waals surface area contributed by atoms with Crippen molar-refractivity contribution in [1.82, 2.24) is 5.32 Å². The van der Waals surface area contributed by atoms with Gasteiger partial charge in [-0.05, 0) is 50.0 Å². The molecule has 1 nitrogen and oxygen atoms in total. The molecule has 0 aromatic heterocycles. The van der Waals surface area contributed by atoms with Crippen LogP contribution >= 0.6 is 0 Å². The molecule has 2 unspecified atom stereocenters. The third-order valence-electron chi connectivity index (χ3n) is 5.22. The first-order valence-electron chi connectivity index (χ1n) is 7.67. The summed E-state index contributed by atoms with van der Waals surface area (Å²) in [6, 6.07) is 0.910. The van der Waals surface area contributed by atoms with Gasteiger partial charge in [0.1, 0.15) is 0 Å². The molecule has 1 N–H and O–H groups in total. The van der Waals surface area contributed by atoms with Crippen LogP contribution in [0.3, 0.4) is 0 Å². The van der Waals surface area contributed by atoms with Crippen molar-refractivity contribution in [2.24, 2.45) is 17.8 Å². The van der Waals surface area contributed by atoms with E-state index in [1.807, 2.05) is 0 Å². The van der Waals surface area contributed by atoms with Crippen LogP contribution in [0.4, 0.5) is 0 Å². The van der Waals surface area contributed by atoms with Gasteiger partial charge in [0.2, 0.25) is 0 Å². The van der Waals surface area contributed by atoms with Crippen molar-refractivity contribution >= 4 is 0 Å². The molecule has 0 aromatic carbocycles. The van der Waals surface area contributed by atoms with E-state index in [0.717, 1.165) is 23.8 Å². The van der Waals surface area contributed by atoms with Gasteiger partial charge in [-0.3, -0.25) is 0 Å². The molecule has 0 aliphatic heterocycles. The summed E-state index contributed by atoms with van der Waals surface area (Å²) < 4.78 is 0. The summed E-state index contributed by atoms with van der Waals surface area (Å²) in [5.74, 6) is 3.22. The summed E-state index contributed by atoms with van der Waals surface area (Å²) in [5, 5.41) is 3.77. The quantitative estimate of drug-likeness (QED) is 0.762. The van der Waals surface area contributed by atoms with E-state index in [4.69, 9.17) is 0 Å². The predicted octanol–water partition coefficient (Wildman–Crippen LogP) is 3.74. The summed E-state index contributed by atoms with van der Waals surface area (Å²) in [4.78, 5) is 0. The van der Waals surface area contributed by atoms with E-state index in [-0.39, 0.29) is 0 Å². The van der Waals surface area contributed by atoms with Gasteiger partial charge in [-0.25, -0.2) is 0 Å². The second kappa shape index (κ2) is 5.08. The van der Waals surface area contributed by atoms with Crippen LogP contribution < -0.4 is 5.32 Å². The Morgan fingerprint density at radius 1 is 0.750 bits per heavy atom. The topological polar surface area (TPSA) is 12.0 Å². The lowest BCUT2D eigenvalue weighted by molar-refractivity contribution is 0.199. The van der Waals surface area contributed by atoms with Crippen molar-refractivity contribution in [3.05, 3.63) is 0 Å². The van der Waals surface area contributed by atoms with Crippen LogP contribution in [0.2, 0.25) is 0 Å². The van der Waals surface area contributed by atoms with Gasteiger partial charge in [0.25, 0.3) is 0 Å². The standard InChI is InChI=1S/C15H27N/c1-2-5-12(6-3-1)15-8-4-7-13(15)11-16-14-9-10-14/h12-16H,1-11H2. The predicted molar refractivity (Wildman–Crippen MR) is 68.4 cm³/mol. The van der Waals surface area contributed by atoms with Gasteiger partial charge in [-0.1, -0.05) is 38.5 Å². The number of hydrogen-bond donors (Lipinski definition) is 1. The molecule has 0 radical (unpaired) electrons. The Bertz CT molecular complexity index is 215. The van der Waals surface area contributed by atoms with Gasteiger partial charge in [-0.15, -0.1) is 0 Å². The van der Waals surface area contributed by atoms with E-state index < -0.39 is 0 Å². The lowest BCUT2D eigenvalue weighted by Crippen LogP contribution is -2.30. The van der Waals surface area contributed by atoms with Crippen LogP contribution in [-0.2, 0) is 0 Å². The Kier molecular flexibility index (Phi) is 3.51. The molecule has 92 valence electrons. The zero-order chi connectivity index (χ0) is 10.8. The smallest absolute Gasteiger partial charge is 0.00683 e. The lowest BCUT2D eigenvalue weighted by atomic mass is 9.75. The van der Waals surface area contributed by atoms with Crippen molar-refractivity contribution in [3.8, 4) is 0 Å². The molecular weight excluding hydrogens is 194 g/mol. The zero-order valence-corrected chi connectivity index (χ0v) is 10.6. The highest BCUT2D eigenvalue weighted by Crippen LogP contribution is 2.42. The Balaban J connectivity index is 1.50. The van der Waals surface area contributed by atoms with E-state index >= 15 is 0 Å². The molecule has 3 rings (SSSR count). The summed E-state index contributed by atoms with van der Waals surface area (Å²) in [5.41, 5.74) is 0. The minimum Gasteiger partial charge on any atom is -0.314 e. The van der Waals surface area contributed by atoms with Gasteiger partial charge in [0.15, 0.2) is 0 Å². The minimum atomic E-state index is 0.910. The van der Waals surface area contributed by atoms with Crippen molar-refractivity contribution in [1.29, 1.82) is 0 Å². The van der Waals surface area contributed by atoms with Gasteiger partial charge >= 0.3 is 0 Å². The lowest BCUT2D eigenvalue weighted by Gasteiger charge is -2.31. The Morgan fingerprint density at radius 3 is 2.31 bits per heavy atom. The summed E-state index contributed by atoms with van der Waals surface area (Å²) in [7, 11) is 0. The van der Waals surface area contributed by atoms with E-state index in [2.05, 4.69) is 5.32 Å². The average Bonchev–Trinajstić information content (AvgIpc) is 3.05. The number of hydrogen-bond acceptors (Lipinski definition) is 1. The molecule has 3 aliphatic rings. The molecule has 16 heavy (non-hydrogen) atoms. The number of nitrogens with one attached hydrogen (secondary N) is 1. The van der Waals surface area contributed by atoms with Gasteiger partial charge in [0.05, 0.1) is 0 Å². The van der Waals surface area contributed by atoms with Crippen LogP contribution in [-0.4, -0.2) is 12.6 Å². The van der Waals surface area contributed by atoms with E-state index in [9.17, 15) is 0 Å². The largest absolute Gasteiger partial charge is 0.314 e. The average molecular weight is 221 g/mol. The van der Waals surface area contributed by atoms with Crippen LogP contribution in [0.25, 0.3) is 0 Å². The molecular formula is C15H27N. The Hall–Kier alpha value is -0.0400. The monoisotopic (exact) mass is 221 g/mol. The minimum absolute atomic E-state index is 0.910. The maximum Gasteiger partial charge on any atom is 0.00683 e. The molecule has 3 aliphatic carbocycles. The third kappa shape index (κ3) is 2.61. The first-order chi connectivity index (χ1) is 7.93. The molecule has 2 atom stereocenters. The maximum absolute atomic E-state index is 3.77. The fourth-order valence-electron chi connectivity index (χ4n) is 4.11. The maximum atomic E-state index is 3.77. The van der Waals surface area contributed by atoms with Crippen LogP contribution in [0, 0.1) is 17.8 Å². The third-order valence-corrected chi connectivity index (χ3v) is 5.22. The molecule has 3 saturated carbocycles. The van der Waals surface area contributed by atoms with Crippen molar-refractivity contribution in [2.45, 2.75) is 70.3 Å². The van der Waals surface area contributed by atoms with Crippen LogP contribution in [0.5, 0.6) is 0 Å². The molecule has 0 spiro atoms. The van der Waals surface area contributed by atoms with Crippen LogP contribution in [0.1, 0.15) is 64.2 Å². The Labute approximate surface area is 100 Å². The SMILES string of the molecule is C1CCC(C2CCCC2CNC2CC2)CC1.